The summed E-state index contributed by atoms with van der Waals surface area (Å²) in [4.78, 5) is 0. The molecule has 0 N–H and O–H groups in total. The van der Waals surface area contributed by atoms with E-state index in [1.54, 1.807) is 0 Å². The van der Waals surface area contributed by atoms with E-state index in [9.17, 15) is 0 Å². The highest BCUT2D eigenvalue weighted by Gasteiger charge is 2.40. The van der Waals surface area contributed by atoms with Crippen LogP contribution in [-0.2, 0) is 0 Å². The lowest BCUT2D eigenvalue weighted by molar-refractivity contribution is 0.548. The van der Waals surface area contributed by atoms with Crippen LogP contribution >= 0.6 is 0 Å². The van der Waals surface area contributed by atoms with E-state index < -0.39 is 0 Å². The maximum absolute atomic E-state index is 2.46. The molecule has 0 heteroatoms. The molecule has 0 aromatic heterocycles. The summed E-state index contributed by atoms with van der Waals surface area (Å²) in [7, 11) is 0. The van der Waals surface area contributed by atoms with Crippen molar-refractivity contribution in [2.24, 2.45) is 5.41 Å². The van der Waals surface area contributed by atoms with Gasteiger partial charge in [0.15, 0.2) is 0 Å². The summed E-state index contributed by atoms with van der Waals surface area (Å²) >= 11 is 0. The number of allylic oxidation sites excluding steroid dienone is 4. The van der Waals surface area contributed by atoms with Crippen LogP contribution in [0.3, 0.4) is 0 Å². The molecule has 0 nitrogen and oxygen atoms in total. The van der Waals surface area contributed by atoms with Crippen LogP contribution < -0.4 is 10.4 Å². The highest BCUT2D eigenvalue weighted by Crippen LogP contribution is 2.53. The van der Waals surface area contributed by atoms with E-state index >= 15 is 0 Å². The first kappa shape index (κ1) is 23.9. The zero-order chi connectivity index (χ0) is 27.4. The van der Waals surface area contributed by atoms with E-state index in [0.29, 0.717) is 0 Å². The van der Waals surface area contributed by atoms with Gasteiger partial charge in [0.1, 0.15) is 0 Å². The zero-order valence-electron chi connectivity index (χ0n) is 23.1. The van der Waals surface area contributed by atoms with Gasteiger partial charge in [0, 0.05) is 5.41 Å². The summed E-state index contributed by atoms with van der Waals surface area (Å²) in [5, 5.41) is 7.88. The monoisotopic (exact) mass is 522 g/mol. The molecule has 0 radical (unpaired) electrons. The average Bonchev–Trinajstić information content (AvgIpc) is 3.03. The van der Waals surface area contributed by atoms with Crippen LogP contribution in [0.15, 0.2) is 157 Å². The van der Waals surface area contributed by atoms with Gasteiger partial charge in [-0.1, -0.05) is 159 Å². The van der Waals surface area contributed by atoms with Crippen LogP contribution in [0.25, 0.3) is 43.8 Å². The molecule has 0 amide bonds. The SMILES string of the molecule is C[C@]12CC=CC=C1C(c1ccccc1)=c1ccccc1=C2c1c2ccccc2c(-c2ccccc2)c2ccccc12. The van der Waals surface area contributed by atoms with Crippen LogP contribution in [0.5, 0.6) is 0 Å². The maximum Gasteiger partial charge on any atom is 0.0228 e. The van der Waals surface area contributed by atoms with Crippen molar-refractivity contribution >= 4 is 32.7 Å². The maximum atomic E-state index is 2.46. The molecule has 0 saturated carbocycles. The van der Waals surface area contributed by atoms with Crippen LogP contribution in [0, 0.1) is 5.41 Å². The molecular formula is C41H30. The number of hydrogen-bond acceptors (Lipinski definition) is 0. The molecule has 8 rings (SSSR count). The third-order valence-corrected chi connectivity index (χ3v) is 9.11. The summed E-state index contributed by atoms with van der Waals surface area (Å²) in [5.74, 6) is 0. The van der Waals surface area contributed by atoms with Crippen molar-refractivity contribution in [1.29, 1.82) is 0 Å². The highest BCUT2D eigenvalue weighted by atomic mass is 14.4. The number of benzene rings is 6. The Morgan fingerprint density at radius 3 is 1.59 bits per heavy atom. The quantitative estimate of drug-likeness (QED) is 0.204. The smallest absolute Gasteiger partial charge is 0.0228 e. The number of rotatable bonds is 3. The molecule has 0 fully saturated rings. The summed E-state index contributed by atoms with van der Waals surface area (Å²) in [5.41, 5.74) is 9.20. The fraction of sp³-hybridized carbons (Fsp3) is 0.0732. The lowest BCUT2D eigenvalue weighted by Crippen LogP contribution is -2.42. The predicted molar refractivity (Wildman–Crippen MR) is 174 cm³/mol. The van der Waals surface area contributed by atoms with Gasteiger partial charge in [0.25, 0.3) is 0 Å². The summed E-state index contributed by atoms with van der Waals surface area (Å²) < 4.78 is 0. The second-order valence-corrected chi connectivity index (χ2v) is 11.4. The Balaban J connectivity index is 1.62. The standard InChI is InChI=1S/C41H30/c1-41-27-15-14-26-36(41)38(29-18-6-3-7-19-29)34-24-12-13-25-35(34)40(41)39-32-22-10-8-20-30(32)37(28-16-4-2-5-17-28)31-21-9-11-23-33(31)39/h2-26H,27H2,1H3/t41-/m0/s1. The largest absolute Gasteiger partial charge is 0.0833 e. The zero-order valence-corrected chi connectivity index (χ0v) is 23.1. The van der Waals surface area contributed by atoms with Crippen LogP contribution in [0.1, 0.15) is 24.5 Å². The molecule has 6 aromatic rings. The Morgan fingerprint density at radius 1 is 0.488 bits per heavy atom. The molecule has 0 unspecified atom stereocenters. The van der Waals surface area contributed by atoms with E-state index in [1.165, 1.54) is 71.0 Å². The van der Waals surface area contributed by atoms with E-state index in [0.717, 1.165) is 6.42 Å². The Morgan fingerprint density at radius 2 is 0.976 bits per heavy atom. The van der Waals surface area contributed by atoms with Crippen molar-refractivity contribution in [1.82, 2.24) is 0 Å². The van der Waals surface area contributed by atoms with E-state index in [1.807, 2.05) is 0 Å². The van der Waals surface area contributed by atoms with E-state index in [2.05, 4.69) is 159 Å². The number of hydrogen-bond donors (Lipinski definition) is 0. The molecule has 2 aliphatic rings. The van der Waals surface area contributed by atoms with Crippen molar-refractivity contribution in [2.45, 2.75) is 13.3 Å². The highest BCUT2D eigenvalue weighted by molar-refractivity contribution is 6.19. The lowest BCUT2D eigenvalue weighted by atomic mass is 9.61. The summed E-state index contributed by atoms with van der Waals surface area (Å²) in [6, 6.07) is 48.9. The Labute approximate surface area is 240 Å². The van der Waals surface area contributed by atoms with Crippen molar-refractivity contribution in [3.63, 3.8) is 0 Å². The first-order chi connectivity index (χ1) is 20.3. The van der Waals surface area contributed by atoms with E-state index in [4.69, 9.17) is 0 Å². The first-order valence-electron chi connectivity index (χ1n) is 14.5. The van der Waals surface area contributed by atoms with Crippen molar-refractivity contribution in [2.75, 3.05) is 0 Å². The van der Waals surface area contributed by atoms with Crippen molar-refractivity contribution in [3.8, 4) is 11.1 Å². The fourth-order valence-electron chi connectivity index (χ4n) is 7.36. The Bertz CT molecular complexity index is 2100. The van der Waals surface area contributed by atoms with Gasteiger partial charge in [-0.3, -0.25) is 0 Å². The van der Waals surface area contributed by atoms with Crippen molar-refractivity contribution < 1.29 is 0 Å². The van der Waals surface area contributed by atoms with Crippen LogP contribution in [0.2, 0.25) is 0 Å². The first-order valence-corrected chi connectivity index (χ1v) is 14.5. The van der Waals surface area contributed by atoms with Gasteiger partial charge in [-0.15, -0.1) is 0 Å². The van der Waals surface area contributed by atoms with Gasteiger partial charge in [-0.2, -0.15) is 0 Å². The normalized spacial score (nSPS) is 17.8. The van der Waals surface area contributed by atoms with Gasteiger partial charge >= 0.3 is 0 Å². The molecule has 0 bridgehead atoms. The Kier molecular flexibility index (Phi) is 5.43. The molecule has 0 heterocycles. The van der Waals surface area contributed by atoms with Gasteiger partial charge in [0.05, 0.1) is 0 Å². The minimum absolute atomic E-state index is 0.186. The second-order valence-electron chi connectivity index (χ2n) is 11.4. The fourth-order valence-corrected chi connectivity index (χ4v) is 7.36. The third kappa shape index (κ3) is 3.54. The molecule has 41 heavy (non-hydrogen) atoms. The van der Waals surface area contributed by atoms with Crippen LogP contribution in [-0.4, -0.2) is 0 Å². The van der Waals surface area contributed by atoms with Crippen molar-refractivity contribution in [3.05, 3.63) is 179 Å². The third-order valence-electron chi connectivity index (χ3n) is 9.11. The minimum Gasteiger partial charge on any atom is -0.0833 e. The number of fused-ring (bicyclic) bond motifs is 4. The molecule has 0 spiro atoms. The molecule has 194 valence electrons. The summed E-state index contributed by atoms with van der Waals surface area (Å²) in [6.45, 7) is 2.46. The van der Waals surface area contributed by atoms with Gasteiger partial charge < -0.3 is 0 Å². The molecule has 6 aromatic carbocycles. The molecule has 2 aliphatic carbocycles. The molecule has 0 aliphatic heterocycles. The minimum atomic E-state index is -0.186. The molecule has 1 atom stereocenters. The van der Waals surface area contributed by atoms with Gasteiger partial charge in [-0.25, -0.2) is 0 Å². The molecular weight excluding hydrogens is 492 g/mol. The van der Waals surface area contributed by atoms with Gasteiger partial charge in [-0.05, 0) is 77.4 Å². The van der Waals surface area contributed by atoms with E-state index in [-0.39, 0.29) is 5.41 Å². The van der Waals surface area contributed by atoms with Crippen LogP contribution in [0.4, 0.5) is 0 Å². The molecule has 0 saturated heterocycles. The average molecular weight is 523 g/mol. The summed E-state index contributed by atoms with van der Waals surface area (Å²) in [6.07, 6.45) is 7.93. The Hall–Kier alpha value is -4.94. The topological polar surface area (TPSA) is 0 Å². The van der Waals surface area contributed by atoms with Gasteiger partial charge in [0.2, 0.25) is 0 Å². The lowest BCUT2D eigenvalue weighted by Gasteiger charge is -2.41. The predicted octanol–water partition coefficient (Wildman–Crippen LogP) is 8.96. The second kappa shape index (κ2) is 9.32.